The quantitative estimate of drug-likeness (QED) is 0.767. The van der Waals surface area contributed by atoms with Crippen LogP contribution in [0.15, 0.2) is 21.3 Å². The number of halogens is 2. The molecule has 2 aromatic rings. The van der Waals surface area contributed by atoms with Crippen LogP contribution in [-0.2, 0) is 0 Å². The Kier molecular flexibility index (Phi) is 5.66. The minimum Gasteiger partial charge on any atom is -0.344 e. The van der Waals surface area contributed by atoms with E-state index in [1.165, 1.54) is 11.3 Å². The van der Waals surface area contributed by atoms with Crippen molar-refractivity contribution in [3.63, 3.8) is 0 Å². The van der Waals surface area contributed by atoms with Gasteiger partial charge >= 0.3 is 0 Å². The summed E-state index contributed by atoms with van der Waals surface area (Å²) in [5, 5.41) is 5.75. The molecule has 2 heterocycles. The molecule has 120 valence electrons. The smallest absolute Gasteiger partial charge is 0.271 e. The number of aromatic nitrogens is 1. The van der Waals surface area contributed by atoms with Crippen molar-refractivity contribution in [3.05, 3.63) is 27.0 Å². The van der Waals surface area contributed by atoms with Crippen LogP contribution in [0.3, 0.4) is 0 Å². The maximum atomic E-state index is 12.4. The van der Waals surface area contributed by atoms with Gasteiger partial charge in [0.1, 0.15) is 10.7 Å². The Bertz CT molecular complexity index is 671. The fourth-order valence-electron chi connectivity index (χ4n) is 2.28. The van der Waals surface area contributed by atoms with Gasteiger partial charge < -0.3 is 11.1 Å². The van der Waals surface area contributed by atoms with Gasteiger partial charge in [-0.25, -0.2) is 4.98 Å². The summed E-state index contributed by atoms with van der Waals surface area (Å²) < 4.78 is 1.06. The molecule has 0 spiro atoms. The molecule has 1 aliphatic rings. The molecule has 4 nitrogen and oxygen atoms in total. The van der Waals surface area contributed by atoms with E-state index in [9.17, 15) is 4.79 Å². The Labute approximate surface area is 152 Å². The molecule has 22 heavy (non-hydrogen) atoms. The number of nitrogens with two attached hydrogens (primary N) is 1. The summed E-state index contributed by atoms with van der Waals surface area (Å²) in [6.45, 7) is 2.48. The number of hydrogen-bond acceptors (Lipinski definition) is 5. The molecule has 1 unspecified atom stereocenters. The molecule has 1 amide bonds. The highest BCUT2D eigenvalue weighted by atomic mass is 79.9. The Balaban J connectivity index is 0.00000176. The van der Waals surface area contributed by atoms with E-state index in [0.717, 1.165) is 26.5 Å². The summed E-state index contributed by atoms with van der Waals surface area (Å²) >= 11 is 6.54. The number of rotatable bonds is 5. The van der Waals surface area contributed by atoms with Crippen LogP contribution in [-0.4, -0.2) is 23.0 Å². The van der Waals surface area contributed by atoms with Crippen molar-refractivity contribution in [2.45, 2.75) is 25.3 Å². The zero-order valence-corrected chi connectivity index (χ0v) is 16.0. The molecule has 0 aromatic carbocycles. The third kappa shape index (κ3) is 3.71. The first-order valence-electron chi connectivity index (χ1n) is 6.75. The zero-order chi connectivity index (χ0) is 15.0. The van der Waals surface area contributed by atoms with E-state index in [-0.39, 0.29) is 23.9 Å². The highest BCUT2D eigenvalue weighted by Crippen LogP contribution is 2.39. The number of nitrogens with one attached hydrogen (secondary N) is 1. The van der Waals surface area contributed by atoms with Crippen molar-refractivity contribution in [2.24, 2.45) is 11.7 Å². The minimum absolute atomic E-state index is 0. The van der Waals surface area contributed by atoms with E-state index < -0.39 is 0 Å². The van der Waals surface area contributed by atoms with Crippen molar-refractivity contribution < 1.29 is 4.79 Å². The maximum absolute atomic E-state index is 12.4. The van der Waals surface area contributed by atoms with Crippen molar-refractivity contribution in [3.8, 4) is 9.88 Å². The minimum atomic E-state index is -0.313. The first kappa shape index (κ1) is 17.9. The maximum Gasteiger partial charge on any atom is 0.271 e. The Morgan fingerprint density at radius 1 is 1.55 bits per heavy atom. The monoisotopic (exact) mass is 421 g/mol. The third-order valence-electron chi connectivity index (χ3n) is 3.82. The van der Waals surface area contributed by atoms with Crippen LogP contribution in [0.25, 0.3) is 9.88 Å². The SMILES string of the molecule is CC(CN)(NC(=O)c1csc(-c2ccc(Br)s2)n1)C1CC1.Cl. The topological polar surface area (TPSA) is 68.0 Å². The van der Waals surface area contributed by atoms with Crippen LogP contribution in [0.4, 0.5) is 0 Å². The molecular weight excluding hydrogens is 406 g/mol. The molecule has 1 atom stereocenters. The highest BCUT2D eigenvalue weighted by molar-refractivity contribution is 9.11. The van der Waals surface area contributed by atoms with Crippen molar-refractivity contribution in [2.75, 3.05) is 6.54 Å². The van der Waals surface area contributed by atoms with Crippen molar-refractivity contribution in [1.29, 1.82) is 0 Å². The number of carbonyl (C=O) groups is 1. The van der Waals surface area contributed by atoms with Gasteiger partial charge in [-0.1, -0.05) is 0 Å². The average molecular weight is 423 g/mol. The summed E-state index contributed by atoms with van der Waals surface area (Å²) in [7, 11) is 0. The van der Waals surface area contributed by atoms with Crippen LogP contribution < -0.4 is 11.1 Å². The molecule has 8 heteroatoms. The van der Waals surface area contributed by atoms with E-state index in [4.69, 9.17) is 5.73 Å². The lowest BCUT2D eigenvalue weighted by Crippen LogP contribution is -2.53. The van der Waals surface area contributed by atoms with Gasteiger partial charge in [-0.3, -0.25) is 4.79 Å². The van der Waals surface area contributed by atoms with Gasteiger partial charge in [0.05, 0.1) is 14.2 Å². The number of carbonyl (C=O) groups excluding carboxylic acids is 1. The van der Waals surface area contributed by atoms with Crippen LogP contribution >= 0.6 is 51.0 Å². The molecule has 0 bridgehead atoms. The van der Waals surface area contributed by atoms with Gasteiger partial charge in [-0.15, -0.1) is 35.1 Å². The molecule has 0 saturated heterocycles. The Morgan fingerprint density at radius 2 is 2.27 bits per heavy atom. The standard InChI is InChI=1S/C14H16BrN3OS2.ClH/c1-14(7-16,8-2-3-8)18-12(19)9-6-20-13(17-9)10-4-5-11(15)21-10;/h4-6,8H,2-3,7,16H2,1H3,(H,18,19);1H. The van der Waals surface area contributed by atoms with Gasteiger partial charge in [0.2, 0.25) is 0 Å². The van der Waals surface area contributed by atoms with Crippen molar-refractivity contribution in [1.82, 2.24) is 10.3 Å². The van der Waals surface area contributed by atoms with Crippen LogP contribution in [0.2, 0.25) is 0 Å². The molecule has 1 saturated carbocycles. The predicted octanol–water partition coefficient (Wildman–Crippen LogP) is 3.91. The molecule has 3 rings (SSSR count). The Morgan fingerprint density at radius 3 is 2.82 bits per heavy atom. The van der Waals surface area contributed by atoms with E-state index in [1.807, 2.05) is 24.4 Å². The average Bonchev–Trinajstić information content (AvgIpc) is 3.05. The summed E-state index contributed by atoms with van der Waals surface area (Å²) in [5.74, 6) is 0.366. The molecular formula is C14H17BrClN3OS2. The summed E-state index contributed by atoms with van der Waals surface area (Å²) in [5.41, 5.74) is 6.00. The van der Waals surface area contributed by atoms with Gasteiger partial charge in [-0.05, 0) is 53.7 Å². The lowest BCUT2D eigenvalue weighted by atomic mass is 9.96. The molecule has 1 aliphatic carbocycles. The summed E-state index contributed by atoms with van der Waals surface area (Å²) in [4.78, 5) is 17.9. The van der Waals surface area contributed by atoms with Gasteiger partial charge in [-0.2, -0.15) is 0 Å². The lowest BCUT2D eigenvalue weighted by molar-refractivity contribution is 0.0893. The van der Waals surface area contributed by atoms with E-state index in [1.54, 1.807) is 11.3 Å². The van der Waals surface area contributed by atoms with Gasteiger partial charge in [0.15, 0.2) is 0 Å². The largest absolute Gasteiger partial charge is 0.344 e. The summed E-state index contributed by atoms with van der Waals surface area (Å²) in [6.07, 6.45) is 2.28. The van der Waals surface area contributed by atoms with Gasteiger partial charge in [0.25, 0.3) is 5.91 Å². The number of nitrogens with zero attached hydrogens (tertiary/aromatic N) is 1. The third-order valence-corrected chi connectivity index (χ3v) is 6.46. The summed E-state index contributed by atoms with van der Waals surface area (Å²) in [6, 6.07) is 3.99. The zero-order valence-electron chi connectivity index (χ0n) is 12.0. The fraction of sp³-hybridized carbons (Fsp3) is 0.429. The predicted molar refractivity (Wildman–Crippen MR) is 98.0 cm³/mol. The Hall–Kier alpha value is -0.470. The van der Waals surface area contributed by atoms with Gasteiger partial charge in [0, 0.05) is 11.9 Å². The van der Waals surface area contributed by atoms with E-state index in [0.29, 0.717) is 18.2 Å². The molecule has 0 aliphatic heterocycles. The second-order valence-electron chi connectivity index (χ2n) is 5.49. The number of thiophene rings is 1. The normalized spacial score (nSPS) is 16.7. The van der Waals surface area contributed by atoms with E-state index >= 15 is 0 Å². The van der Waals surface area contributed by atoms with E-state index in [2.05, 4.69) is 26.2 Å². The first-order chi connectivity index (χ1) is 10.0. The van der Waals surface area contributed by atoms with Crippen molar-refractivity contribution >= 4 is 56.9 Å². The number of thiazole rings is 1. The molecule has 3 N–H and O–H groups in total. The first-order valence-corrected chi connectivity index (χ1v) is 9.24. The molecule has 2 aromatic heterocycles. The lowest BCUT2D eigenvalue weighted by Gasteiger charge is -2.29. The van der Waals surface area contributed by atoms with Crippen LogP contribution in [0.5, 0.6) is 0 Å². The fourth-order valence-corrected chi connectivity index (χ4v) is 4.54. The second-order valence-corrected chi connectivity index (χ2v) is 8.81. The molecule has 0 radical (unpaired) electrons. The number of amides is 1. The van der Waals surface area contributed by atoms with Crippen LogP contribution in [0.1, 0.15) is 30.3 Å². The number of hydrogen-bond donors (Lipinski definition) is 2. The second kappa shape index (κ2) is 6.97. The molecule has 1 fully saturated rings. The highest BCUT2D eigenvalue weighted by Gasteiger charge is 2.41. The van der Waals surface area contributed by atoms with Crippen LogP contribution in [0, 0.1) is 5.92 Å².